The molecule has 0 aliphatic heterocycles. The number of aromatic nitrogens is 2. The Kier molecular flexibility index (Phi) is 3.16. The Balaban J connectivity index is 2.68. The monoisotopic (exact) mass is 197 g/mol. The van der Waals surface area contributed by atoms with Crippen molar-refractivity contribution >= 4 is 5.69 Å². The van der Waals surface area contributed by atoms with Crippen LogP contribution in [0.5, 0.6) is 0 Å². The van der Waals surface area contributed by atoms with Crippen LogP contribution in [0.4, 0.5) is 5.69 Å². The van der Waals surface area contributed by atoms with Crippen LogP contribution in [-0.2, 0) is 11.3 Å². The molecule has 4 nitrogen and oxygen atoms in total. The van der Waals surface area contributed by atoms with Gasteiger partial charge in [0.2, 0.25) is 0 Å². The lowest BCUT2D eigenvalue weighted by Crippen LogP contribution is -2.30. The molecular weight excluding hydrogens is 178 g/mol. The van der Waals surface area contributed by atoms with E-state index in [2.05, 4.69) is 5.10 Å². The predicted octanol–water partition coefficient (Wildman–Crippen LogP) is 1.59. The first-order chi connectivity index (χ1) is 6.44. The van der Waals surface area contributed by atoms with Crippen LogP contribution in [-0.4, -0.2) is 22.0 Å². The zero-order valence-corrected chi connectivity index (χ0v) is 9.37. The van der Waals surface area contributed by atoms with Gasteiger partial charge in [0.15, 0.2) is 0 Å². The summed E-state index contributed by atoms with van der Waals surface area (Å²) in [6, 6.07) is 0. The van der Waals surface area contributed by atoms with Crippen molar-refractivity contribution < 1.29 is 4.74 Å². The Bertz CT molecular complexity index is 285. The molecule has 0 saturated carbocycles. The van der Waals surface area contributed by atoms with Gasteiger partial charge in [-0.15, -0.1) is 0 Å². The zero-order valence-electron chi connectivity index (χ0n) is 9.37. The molecule has 0 spiro atoms. The Morgan fingerprint density at radius 2 is 2.21 bits per heavy atom. The van der Waals surface area contributed by atoms with Gasteiger partial charge in [-0.25, -0.2) is 0 Å². The topological polar surface area (TPSA) is 53.1 Å². The van der Waals surface area contributed by atoms with Crippen molar-refractivity contribution in [2.24, 2.45) is 0 Å². The first-order valence-corrected chi connectivity index (χ1v) is 4.88. The summed E-state index contributed by atoms with van der Waals surface area (Å²) >= 11 is 0. The van der Waals surface area contributed by atoms with Crippen molar-refractivity contribution in [3.63, 3.8) is 0 Å². The van der Waals surface area contributed by atoms with E-state index in [0.29, 0.717) is 6.61 Å². The third kappa shape index (κ3) is 2.73. The summed E-state index contributed by atoms with van der Waals surface area (Å²) in [6.07, 6.45) is 1.84. The number of hydrogen-bond donors (Lipinski definition) is 1. The highest BCUT2D eigenvalue weighted by Gasteiger charge is 2.19. The number of nitrogen functional groups attached to an aromatic ring is 1. The Hall–Kier alpha value is -1.03. The summed E-state index contributed by atoms with van der Waals surface area (Å²) in [6.45, 7) is 9.42. The van der Waals surface area contributed by atoms with Gasteiger partial charge < -0.3 is 10.5 Å². The summed E-state index contributed by atoms with van der Waals surface area (Å²) in [4.78, 5) is 0. The second-order valence-corrected chi connectivity index (χ2v) is 4.06. The van der Waals surface area contributed by atoms with Crippen molar-refractivity contribution in [3.8, 4) is 0 Å². The van der Waals surface area contributed by atoms with Gasteiger partial charge in [-0.1, -0.05) is 0 Å². The van der Waals surface area contributed by atoms with E-state index in [1.807, 2.05) is 38.6 Å². The normalized spacial score (nSPS) is 12.0. The minimum absolute atomic E-state index is 0.195. The lowest BCUT2D eigenvalue weighted by molar-refractivity contribution is -0.0247. The molecule has 14 heavy (non-hydrogen) atoms. The van der Waals surface area contributed by atoms with Crippen LogP contribution in [0.3, 0.4) is 0 Å². The Morgan fingerprint density at radius 3 is 2.64 bits per heavy atom. The molecule has 80 valence electrons. The molecule has 0 bridgehead atoms. The summed E-state index contributed by atoms with van der Waals surface area (Å²) in [5, 5.41) is 4.29. The average molecular weight is 197 g/mol. The fourth-order valence-electron chi connectivity index (χ4n) is 1.44. The quantitative estimate of drug-likeness (QED) is 0.797. The number of aryl methyl sites for hydroxylation is 1. The molecule has 1 aromatic rings. The molecule has 0 aliphatic carbocycles. The number of rotatable bonds is 4. The van der Waals surface area contributed by atoms with Crippen molar-refractivity contribution in [2.45, 2.75) is 39.8 Å². The second kappa shape index (κ2) is 4.00. The summed E-state index contributed by atoms with van der Waals surface area (Å²) in [7, 11) is 0. The fourth-order valence-corrected chi connectivity index (χ4v) is 1.44. The SMILES string of the molecule is CCOC(C)(C)Cn1cc(N)c(C)n1. The first kappa shape index (κ1) is 11.0. The standard InChI is InChI=1S/C10H19N3O/c1-5-14-10(3,4)7-13-6-9(11)8(2)12-13/h6H,5,7,11H2,1-4H3. The molecule has 0 fully saturated rings. The maximum Gasteiger partial charge on any atom is 0.0822 e. The van der Waals surface area contributed by atoms with Crippen LogP contribution < -0.4 is 5.73 Å². The molecule has 0 aromatic carbocycles. The lowest BCUT2D eigenvalue weighted by Gasteiger charge is -2.24. The molecule has 0 saturated heterocycles. The lowest BCUT2D eigenvalue weighted by atomic mass is 10.1. The van der Waals surface area contributed by atoms with Gasteiger partial charge in [-0.05, 0) is 27.7 Å². The highest BCUT2D eigenvalue weighted by atomic mass is 16.5. The van der Waals surface area contributed by atoms with E-state index in [-0.39, 0.29) is 5.60 Å². The zero-order chi connectivity index (χ0) is 10.8. The van der Waals surface area contributed by atoms with Gasteiger partial charge in [0.25, 0.3) is 0 Å². The van der Waals surface area contributed by atoms with Crippen LogP contribution in [0.15, 0.2) is 6.20 Å². The highest BCUT2D eigenvalue weighted by Crippen LogP contribution is 2.14. The molecule has 0 amide bonds. The fraction of sp³-hybridized carbons (Fsp3) is 0.700. The molecule has 0 aliphatic rings. The molecule has 4 heteroatoms. The molecule has 1 aromatic heterocycles. The first-order valence-electron chi connectivity index (χ1n) is 4.88. The molecular formula is C10H19N3O. The number of anilines is 1. The van der Waals surface area contributed by atoms with Gasteiger partial charge in [0.05, 0.1) is 23.5 Å². The molecule has 0 atom stereocenters. The second-order valence-electron chi connectivity index (χ2n) is 4.06. The predicted molar refractivity (Wildman–Crippen MR) is 57.1 cm³/mol. The maximum absolute atomic E-state index is 5.71. The summed E-state index contributed by atoms with van der Waals surface area (Å²) in [5.74, 6) is 0. The van der Waals surface area contributed by atoms with Crippen LogP contribution in [0.25, 0.3) is 0 Å². The van der Waals surface area contributed by atoms with Crippen molar-refractivity contribution in [2.75, 3.05) is 12.3 Å². The van der Waals surface area contributed by atoms with E-state index >= 15 is 0 Å². The Morgan fingerprint density at radius 1 is 1.57 bits per heavy atom. The van der Waals surface area contributed by atoms with E-state index in [1.165, 1.54) is 0 Å². The Labute approximate surface area is 85.0 Å². The smallest absolute Gasteiger partial charge is 0.0822 e. The van der Waals surface area contributed by atoms with Gasteiger partial charge in [0, 0.05) is 12.8 Å². The van der Waals surface area contributed by atoms with Gasteiger partial charge >= 0.3 is 0 Å². The molecule has 1 heterocycles. The number of nitrogens with zero attached hydrogens (tertiary/aromatic N) is 2. The van der Waals surface area contributed by atoms with Crippen LogP contribution in [0.1, 0.15) is 26.5 Å². The van der Waals surface area contributed by atoms with E-state index in [0.717, 1.165) is 17.9 Å². The average Bonchev–Trinajstić information content (AvgIpc) is 2.29. The molecule has 0 unspecified atom stereocenters. The van der Waals surface area contributed by atoms with E-state index in [1.54, 1.807) is 0 Å². The molecule has 1 rings (SSSR count). The summed E-state index contributed by atoms with van der Waals surface area (Å²) < 4.78 is 7.41. The third-order valence-corrected chi connectivity index (χ3v) is 2.06. The third-order valence-electron chi connectivity index (χ3n) is 2.06. The maximum atomic E-state index is 5.71. The molecule has 2 N–H and O–H groups in total. The highest BCUT2D eigenvalue weighted by molar-refractivity contribution is 5.39. The van der Waals surface area contributed by atoms with E-state index in [4.69, 9.17) is 10.5 Å². The van der Waals surface area contributed by atoms with Crippen LogP contribution >= 0.6 is 0 Å². The van der Waals surface area contributed by atoms with Gasteiger partial charge in [-0.2, -0.15) is 5.10 Å². The van der Waals surface area contributed by atoms with Crippen molar-refractivity contribution in [1.82, 2.24) is 9.78 Å². The number of ether oxygens (including phenoxy) is 1. The van der Waals surface area contributed by atoms with Gasteiger partial charge in [0.1, 0.15) is 0 Å². The minimum Gasteiger partial charge on any atom is -0.396 e. The van der Waals surface area contributed by atoms with Crippen LogP contribution in [0.2, 0.25) is 0 Å². The van der Waals surface area contributed by atoms with Crippen LogP contribution in [0, 0.1) is 6.92 Å². The van der Waals surface area contributed by atoms with E-state index in [9.17, 15) is 0 Å². The number of nitrogens with two attached hydrogens (primary N) is 1. The minimum atomic E-state index is -0.195. The van der Waals surface area contributed by atoms with Crippen molar-refractivity contribution in [3.05, 3.63) is 11.9 Å². The molecule has 0 radical (unpaired) electrons. The van der Waals surface area contributed by atoms with E-state index < -0.39 is 0 Å². The van der Waals surface area contributed by atoms with Gasteiger partial charge in [-0.3, -0.25) is 4.68 Å². The summed E-state index contributed by atoms with van der Waals surface area (Å²) in [5.41, 5.74) is 7.12. The number of hydrogen-bond acceptors (Lipinski definition) is 3. The largest absolute Gasteiger partial charge is 0.396 e. The van der Waals surface area contributed by atoms with Crippen molar-refractivity contribution in [1.29, 1.82) is 0 Å².